The van der Waals surface area contributed by atoms with Crippen LogP contribution in [0.5, 0.6) is 0 Å². The lowest BCUT2D eigenvalue weighted by atomic mass is 10.1. The zero-order valence-corrected chi connectivity index (χ0v) is 9.15. The standard InChI is InChI=1S/C10H10ClN3O2/c11-7-2-1-3-8(13-7)14-5-6(10(12)16)4-9(14)15/h1-3,6H,4-5H2,(H2,12,16). The number of nitrogens with two attached hydrogens (primary N) is 1. The van der Waals surface area contributed by atoms with Crippen molar-refractivity contribution < 1.29 is 9.59 Å². The first-order valence-electron chi connectivity index (χ1n) is 4.80. The van der Waals surface area contributed by atoms with Crippen molar-refractivity contribution in [3.63, 3.8) is 0 Å². The second-order valence-corrected chi connectivity index (χ2v) is 4.01. The van der Waals surface area contributed by atoms with Crippen molar-refractivity contribution in [3.8, 4) is 0 Å². The Bertz CT molecular complexity index is 449. The molecule has 0 aliphatic carbocycles. The Balaban J connectivity index is 2.23. The molecule has 16 heavy (non-hydrogen) atoms. The fourth-order valence-corrected chi connectivity index (χ4v) is 1.83. The lowest BCUT2D eigenvalue weighted by molar-refractivity contribution is -0.123. The third-order valence-corrected chi connectivity index (χ3v) is 2.71. The first kappa shape index (κ1) is 10.9. The van der Waals surface area contributed by atoms with Gasteiger partial charge in [-0.2, -0.15) is 0 Å². The summed E-state index contributed by atoms with van der Waals surface area (Å²) in [5, 5.41) is 0.313. The molecule has 0 saturated carbocycles. The van der Waals surface area contributed by atoms with Gasteiger partial charge in [0.05, 0.1) is 5.92 Å². The molecule has 2 amide bonds. The van der Waals surface area contributed by atoms with Crippen LogP contribution in [-0.4, -0.2) is 23.3 Å². The first-order valence-corrected chi connectivity index (χ1v) is 5.18. The maximum Gasteiger partial charge on any atom is 0.229 e. The van der Waals surface area contributed by atoms with Crippen LogP contribution in [0.3, 0.4) is 0 Å². The highest BCUT2D eigenvalue weighted by Crippen LogP contribution is 2.24. The molecular formula is C10H10ClN3O2. The van der Waals surface area contributed by atoms with Gasteiger partial charge in [-0.3, -0.25) is 14.5 Å². The van der Waals surface area contributed by atoms with E-state index in [4.69, 9.17) is 17.3 Å². The van der Waals surface area contributed by atoms with Gasteiger partial charge >= 0.3 is 0 Å². The molecule has 1 aromatic heterocycles. The number of anilines is 1. The lowest BCUT2D eigenvalue weighted by Crippen LogP contribution is -2.28. The van der Waals surface area contributed by atoms with Gasteiger partial charge in [-0.05, 0) is 12.1 Å². The van der Waals surface area contributed by atoms with Crippen molar-refractivity contribution in [2.75, 3.05) is 11.4 Å². The number of hydrogen-bond acceptors (Lipinski definition) is 3. The molecule has 1 unspecified atom stereocenters. The van der Waals surface area contributed by atoms with Gasteiger partial charge in [0.15, 0.2) is 0 Å². The Morgan fingerprint density at radius 1 is 1.56 bits per heavy atom. The van der Waals surface area contributed by atoms with E-state index in [1.165, 1.54) is 4.90 Å². The van der Waals surface area contributed by atoms with Crippen LogP contribution in [0.15, 0.2) is 18.2 Å². The molecule has 1 atom stereocenters. The number of primary amides is 1. The van der Waals surface area contributed by atoms with E-state index in [9.17, 15) is 9.59 Å². The van der Waals surface area contributed by atoms with E-state index in [1.54, 1.807) is 18.2 Å². The van der Waals surface area contributed by atoms with Crippen molar-refractivity contribution >= 4 is 29.2 Å². The molecule has 6 heteroatoms. The largest absolute Gasteiger partial charge is 0.369 e. The molecule has 2 heterocycles. The van der Waals surface area contributed by atoms with Crippen LogP contribution in [0.25, 0.3) is 0 Å². The zero-order chi connectivity index (χ0) is 11.7. The van der Waals surface area contributed by atoms with Crippen LogP contribution < -0.4 is 10.6 Å². The number of carbonyl (C=O) groups excluding carboxylic acids is 2. The Morgan fingerprint density at radius 2 is 2.31 bits per heavy atom. The SMILES string of the molecule is NC(=O)C1CC(=O)N(c2cccc(Cl)n2)C1. The topological polar surface area (TPSA) is 76.3 Å². The second kappa shape index (κ2) is 4.09. The second-order valence-electron chi connectivity index (χ2n) is 3.63. The Labute approximate surface area is 97.2 Å². The molecule has 1 aromatic rings. The predicted octanol–water partition coefficient (Wildman–Crippen LogP) is 0.573. The average Bonchev–Trinajstić information content (AvgIpc) is 2.60. The fourth-order valence-electron chi connectivity index (χ4n) is 1.67. The van der Waals surface area contributed by atoms with Gasteiger partial charge in [0.25, 0.3) is 0 Å². The Hall–Kier alpha value is -1.62. The summed E-state index contributed by atoms with van der Waals surface area (Å²) in [5.74, 6) is -0.592. The summed E-state index contributed by atoms with van der Waals surface area (Å²) >= 11 is 5.73. The quantitative estimate of drug-likeness (QED) is 0.767. The third kappa shape index (κ3) is 1.99. The van der Waals surface area contributed by atoms with Crippen LogP contribution in [0.2, 0.25) is 5.15 Å². The number of amides is 2. The Kier molecular flexibility index (Phi) is 2.78. The summed E-state index contributed by atoms with van der Waals surface area (Å²) in [6, 6.07) is 5.00. The number of pyridine rings is 1. The van der Waals surface area contributed by atoms with E-state index in [-0.39, 0.29) is 18.9 Å². The number of halogens is 1. The molecule has 1 fully saturated rings. The van der Waals surface area contributed by atoms with Gasteiger partial charge in [0.2, 0.25) is 11.8 Å². The van der Waals surface area contributed by atoms with Crippen LogP contribution in [-0.2, 0) is 9.59 Å². The molecule has 1 saturated heterocycles. The molecule has 0 spiro atoms. The van der Waals surface area contributed by atoms with Gasteiger partial charge in [0, 0.05) is 13.0 Å². The highest BCUT2D eigenvalue weighted by atomic mass is 35.5. The van der Waals surface area contributed by atoms with E-state index >= 15 is 0 Å². The summed E-state index contributed by atoms with van der Waals surface area (Å²) in [6.45, 7) is 0.279. The zero-order valence-electron chi connectivity index (χ0n) is 8.39. The summed E-state index contributed by atoms with van der Waals surface area (Å²) in [6.07, 6.45) is 0.142. The van der Waals surface area contributed by atoms with Gasteiger partial charge in [-0.25, -0.2) is 4.98 Å². The third-order valence-electron chi connectivity index (χ3n) is 2.50. The summed E-state index contributed by atoms with van der Waals surface area (Å²) in [5.41, 5.74) is 5.17. The van der Waals surface area contributed by atoms with Gasteiger partial charge < -0.3 is 5.73 Å². The van der Waals surface area contributed by atoms with Gasteiger partial charge in [0.1, 0.15) is 11.0 Å². The summed E-state index contributed by atoms with van der Waals surface area (Å²) in [7, 11) is 0. The smallest absolute Gasteiger partial charge is 0.229 e. The van der Waals surface area contributed by atoms with Crippen molar-refractivity contribution in [1.29, 1.82) is 0 Å². The van der Waals surface area contributed by atoms with Gasteiger partial charge in [-0.1, -0.05) is 17.7 Å². The maximum atomic E-state index is 11.6. The Morgan fingerprint density at radius 3 is 2.88 bits per heavy atom. The maximum absolute atomic E-state index is 11.6. The minimum Gasteiger partial charge on any atom is -0.369 e. The highest BCUT2D eigenvalue weighted by Gasteiger charge is 2.34. The van der Waals surface area contributed by atoms with E-state index < -0.39 is 11.8 Å². The molecule has 84 valence electrons. The molecule has 1 aliphatic heterocycles. The van der Waals surface area contributed by atoms with Gasteiger partial charge in [-0.15, -0.1) is 0 Å². The summed E-state index contributed by atoms with van der Waals surface area (Å²) < 4.78 is 0. The summed E-state index contributed by atoms with van der Waals surface area (Å²) in [4.78, 5) is 28.1. The lowest BCUT2D eigenvalue weighted by Gasteiger charge is -2.14. The number of aromatic nitrogens is 1. The van der Waals surface area contributed by atoms with Crippen molar-refractivity contribution in [2.24, 2.45) is 11.7 Å². The molecule has 2 rings (SSSR count). The molecular weight excluding hydrogens is 230 g/mol. The number of carbonyl (C=O) groups is 2. The van der Waals surface area contributed by atoms with E-state index in [2.05, 4.69) is 4.98 Å². The highest BCUT2D eigenvalue weighted by molar-refractivity contribution is 6.29. The predicted molar refractivity (Wildman–Crippen MR) is 58.9 cm³/mol. The molecule has 5 nitrogen and oxygen atoms in total. The minimum atomic E-state index is -0.460. The van der Waals surface area contributed by atoms with E-state index in [0.717, 1.165) is 0 Å². The fraction of sp³-hybridized carbons (Fsp3) is 0.300. The monoisotopic (exact) mass is 239 g/mol. The molecule has 0 radical (unpaired) electrons. The molecule has 1 aliphatic rings. The van der Waals surface area contributed by atoms with E-state index in [1.807, 2.05) is 0 Å². The molecule has 0 bridgehead atoms. The van der Waals surface area contributed by atoms with Crippen LogP contribution in [0.1, 0.15) is 6.42 Å². The van der Waals surface area contributed by atoms with Crippen LogP contribution in [0, 0.1) is 5.92 Å². The van der Waals surface area contributed by atoms with Crippen LogP contribution >= 0.6 is 11.6 Å². The number of rotatable bonds is 2. The van der Waals surface area contributed by atoms with E-state index in [0.29, 0.717) is 11.0 Å². The normalized spacial score (nSPS) is 20.2. The average molecular weight is 240 g/mol. The number of nitrogens with zero attached hydrogens (tertiary/aromatic N) is 2. The first-order chi connectivity index (χ1) is 7.58. The van der Waals surface area contributed by atoms with Crippen LogP contribution in [0.4, 0.5) is 5.82 Å². The molecule has 0 aromatic carbocycles. The van der Waals surface area contributed by atoms with Crippen molar-refractivity contribution in [2.45, 2.75) is 6.42 Å². The number of hydrogen-bond donors (Lipinski definition) is 1. The van der Waals surface area contributed by atoms with Crippen molar-refractivity contribution in [1.82, 2.24) is 4.98 Å². The minimum absolute atomic E-state index is 0.142. The van der Waals surface area contributed by atoms with Crippen molar-refractivity contribution in [3.05, 3.63) is 23.4 Å². The molecule has 2 N–H and O–H groups in total.